The maximum absolute atomic E-state index is 11.0. The summed E-state index contributed by atoms with van der Waals surface area (Å²) in [5, 5.41) is 8.92. The van der Waals surface area contributed by atoms with Crippen molar-refractivity contribution in [3.8, 4) is 17.4 Å². The highest BCUT2D eigenvalue weighted by Gasteiger charge is 2.30. The summed E-state index contributed by atoms with van der Waals surface area (Å²) in [5.41, 5.74) is 7.19. The minimum Gasteiger partial charge on any atom is -0.448 e. The molecule has 0 saturated carbocycles. The third kappa shape index (κ3) is 4.83. The Balaban J connectivity index is 2.20. The normalized spacial score (nSPS) is 12.6. The highest BCUT2D eigenvalue weighted by atomic mass is 16.5. The average molecular weight is 356 g/mol. The molecule has 0 aliphatic rings. The fourth-order valence-corrected chi connectivity index (χ4v) is 2.86. The zero-order valence-electron chi connectivity index (χ0n) is 15.5. The van der Waals surface area contributed by atoms with Gasteiger partial charge < -0.3 is 14.9 Å². The molecule has 0 radical (unpaired) electrons. The standard InChI is InChI=1S/C19H24N4O3/c1-19(2,3)16(11-25-18(21)24)23(4)10-15-17(26-12-22-15)14-7-5-13(9-20)6-8-14/h5-8,12,16H,10-11H2,1-4H3,(H2,21,24). The van der Waals surface area contributed by atoms with E-state index in [0.29, 0.717) is 17.9 Å². The molecule has 1 amide bonds. The summed E-state index contributed by atoms with van der Waals surface area (Å²) in [6.45, 7) is 6.92. The van der Waals surface area contributed by atoms with E-state index in [1.165, 1.54) is 6.39 Å². The largest absolute Gasteiger partial charge is 0.448 e. The molecule has 0 aliphatic heterocycles. The van der Waals surface area contributed by atoms with Crippen molar-refractivity contribution in [1.29, 1.82) is 5.26 Å². The number of hydrogen-bond acceptors (Lipinski definition) is 6. The van der Waals surface area contributed by atoms with Crippen LogP contribution in [0.4, 0.5) is 4.79 Å². The fraction of sp³-hybridized carbons (Fsp3) is 0.421. The number of primary amides is 1. The second kappa shape index (κ2) is 8.02. The minimum atomic E-state index is -0.785. The molecule has 0 spiro atoms. The second-order valence-electron chi connectivity index (χ2n) is 7.24. The van der Waals surface area contributed by atoms with Gasteiger partial charge in [0, 0.05) is 18.2 Å². The number of likely N-dealkylation sites (N-methyl/N-ethyl adjacent to an activating group) is 1. The average Bonchev–Trinajstić information content (AvgIpc) is 3.01. The molecule has 26 heavy (non-hydrogen) atoms. The Morgan fingerprint density at radius 2 is 2.04 bits per heavy atom. The summed E-state index contributed by atoms with van der Waals surface area (Å²) in [7, 11) is 1.94. The van der Waals surface area contributed by atoms with Crippen LogP contribution in [0.5, 0.6) is 0 Å². The summed E-state index contributed by atoms with van der Waals surface area (Å²) < 4.78 is 10.6. The molecule has 1 unspecified atom stereocenters. The van der Waals surface area contributed by atoms with Gasteiger partial charge in [-0.3, -0.25) is 4.90 Å². The minimum absolute atomic E-state index is 0.0551. The molecule has 138 valence electrons. The molecule has 1 aromatic carbocycles. The van der Waals surface area contributed by atoms with Gasteiger partial charge in [0.2, 0.25) is 0 Å². The Hall–Kier alpha value is -2.85. The van der Waals surface area contributed by atoms with E-state index < -0.39 is 6.09 Å². The van der Waals surface area contributed by atoms with Crippen molar-refractivity contribution in [1.82, 2.24) is 9.88 Å². The van der Waals surface area contributed by atoms with E-state index in [9.17, 15) is 4.79 Å². The van der Waals surface area contributed by atoms with Gasteiger partial charge in [-0.05, 0) is 36.7 Å². The van der Waals surface area contributed by atoms with E-state index in [2.05, 4.69) is 36.7 Å². The summed E-state index contributed by atoms with van der Waals surface area (Å²) in [4.78, 5) is 17.4. The van der Waals surface area contributed by atoms with Gasteiger partial charge in [-0.1, -0.05) is 20.8 Å². The summed E-state index contributed by atoms with van der Waals surface area (Å²) in [5.74, 6) is 0.657. The first-order chi connectivity index (χ1) is 12.2. The number of oxazole rings is 1. The maximum atomic E-state index is 11.0. The molecule has 1 aromatic heterocycles. The van der Waals surface area contributed by atoms with Crippen LogP contribution in [0.3, 0.4) is 0 Å². The second-order valence-corrected chi connectivity index (χ2v) is 7.24. The van der Waals surface area contributed by atoms with Crippen molar-refractivity contribution in [2.24, 2.45) is 11.1 Å². The molecular weight excluding hydrogens is 332 g/mol. The van der Waals surface area contributed by atoms with Gasteiger partial charge in [-0.15, -0.1) is 0 Å². The van der Waals surface area contributed by atoms with Crippen molar-refractivity contribution < 1.29 is 13.9 Å². The van der Waals surface area contributed by atoms with Crippen molar-refractivity contribution in [2.75, 3.05) is 13.7 Å². The molecule has 7 nitrogen and oxygen atoms in total. The number of nitrogens with zero attached hydrogens (tertiary/aromatic N) is 3. The number of nitrogens with two attached hydrogens (primary N) is 1. The molecule has 0 fully saturated rings. The third-order valence-corrected chi connectivity index (χ3v) is 4.23. The molecular formula is C19H24N4O3. The first kappa shape index (κ1) is 19.5. The molecule has 0 bridgehead atoms. The number of carbonyl (C=O) groups excluding carboxylic acids is 1. The number of aromatic nitrogens is 1. The Morgan fingerprint density at radius 1 is 1.38 bits per heavy atom. The summed E-state index contributed by atoms with van der Waals surface area (Å²) >= 11 is 0. The lowest BCUT2D eigenvalue weighted by Crippen LogP contribution is -2.45. The van der Waals surface area contributed by atoms with Crippen LogP contribution < -0.4 is 5.73 Å². The molecule has 0 aliphatic carbocycles. The van der Waals surface area contributed by atoms with E-state index in [1.807, 2.05) is 19.2 Å². The monoisotopic (exact) mass is 356 g/mol. The van der Waals surface area contributed by atoms with E-state index in [1.54, 1.807) is 12.1 Å². The van der Waals surface area contributed by atoms with Crippen molar-refractivity contribution in [2.45, 2.75) is 33.4 Å². The van der Waals surface area contributed by atoms with Crippen molar-refractivity contribution >= 4 is 6.09 Å². The molecule has 2 N–H and O–H groups in total. The molecule has 2 rings (SSSR count). The molecule has 1 heterocycles. The lowest BCUT2D eigenvalue weighted by atomic mass is 9.86. The van der Waals surface area contributed by atoms with E-state index in [4.69, 9.17) is 20.1 Å². The zero-order valence-corrected chi connectivity index (χ0v) is 15.5. The van der Waals surface area contributed by atoms with Gasteiger partial charge >= 0.3 is 6.09 Å². The number of rotatable bonds is 6. The van der Waals surface area contributed by atoms with Crippen LogP contribution in [0.2, 0.25) is 0 Å². The number of carbonyl (C=O) groups is 1. The smallest absolute Gasteiger partial charge is 0.404 e. The van der Waals surface area contributed by atoms with Crippen LogP contribution in [0.25, 0.3) is 11.3 Å². The summed E-state index contributed by atoms with van der Waals surface area (Å²) in [6, 6.07) is 9.19. The first-order valence-electron chi connectivity index (χ1n) is 8.27. The van der Waals surface area contributed by atoms with E-state index in [0.717, 1.165) is 11.3 Å². The fourth-order valence-electron chi connectivity index (χ4n) is 2.86. The van der Waals surface area contributed by atoms with E-state index >= 15 is 0 Å². The van der Waals surface area contributed by atoms with Crippen LogP contribution in [0.15, 0.2) is 35.1 Å². The highest BCUT2D eigenvalue weighted by molar-refractivity contribution is 5.64. The number of benzene rings is 1. The van der Waals surface area contributed by atoms with Gasteiger partial charge in [-0.2, -0.15) is 5.26 Å². The number of nitriles is 1. The predicted molar refractivity (Wildman–Crippen MR) is 96.9 cm³/mol. The van der Waals surface area contributed by atoms with Gasteiger partial charge in [0.1, 0.15) is 12.3 Å². The zero-order chi connectivity index (χ0) is 19.3. The number of hydrogen-bond donors (Lipinski definition) is 1. The van der Waals surface area contributed by atoms with E-state index in [-0.39, 0.29) is 18.1 Å². The molecule has 2 aromatic rings. The Bertz CT molecular complexity index is 784. The van der Waals surface area contributed by atoms with Gasteiger partial charge in [-0.25, -0.2) is 9.78 Å². The van der Waals surface area contributed by atoms with Gasteiger partial charge in [0.15, 0.2) is 12.2 Å². The first-order valence-corrected chi connectivity index (χ1v) is 8.27. The van der Waals surface area contributed by atoms with Crippen LogP contribution in [0.1, 0.15) is 32.0 Å². The van der Waals surface area contributed by atoms with Crippen LogP contribution in [0, 0.1) is 16.7 Å². The highest BCUT2D eigenvalue weighted by Crippen LogP contribution is 2.28. The quantitative estimate of drug-likeness (QED) is 0.852. The Labute approximate surface area is 153 Å². The molecule has 1 atom stereocenters. The van der Waals surface area contributed by atoms with Gasteiger partial charge in [0.05, 0.1) is 11.6 Å². The SMILES string of the molecule is CN(Cc1ncoc1-c1ccc(C#N)cc1)C(COC(N)=O)C(C)(C)C. The molecule has 0 saturated heterocycles. The lowest BCUT2D eigenvalue weighted by molar-refractivity contribution is 0.0480. The lowest BCUT2D eigenvalue weighted by Gasteiger charge is -2.37. The number of amides is 1. The van der Waals surface area contributed by atoms with Crippen molar-refractivity contribution in [3.05, 3.63) is 41.9 Å². The Kier molecular flexibility index (Phi) is 6.01. The van der Waals surface area contributed by atoms with Crippen LogP contribution in [-0.2, 0) is 11.3 Å². The van der Waals surface area contributed by atoms with Crippen LogP contribution >= 0.6 is 0 Å². The van der Waals surface area contributed by atoms with Crippen LogP contribution in [-0.4, -0.2) is 35.7 Å². The topological polar surface area (TPSA) is 105 Å². The third-order valence-electron chi connectivity index (χ3n) is 4.23. The summed E-state index contributed by atoms with van der Waals surface area (Å²) in [6.07, 6.45) is 0.621. The maximum Gasteiger partial charge on any atom is 0.404 e. The van der Waals surface area contributed by atoms with Gasteiger partial charge in [0.25, 0.3) is 0 Å². The van der Waals surface area contributed by atoms with Crippen molar-refractivity contribution in [3.63, 3.8) is 0 Å². The molecule has 7 heteroatoms. The Morgan fingerprint density at radius 3 is 2.58 bits per heavy atom. The number of ether oxygens (including phenoxy) is 1. The predicted octanol–water partition coefficient (Wildman–Crippen LogP) is 3.16.